The maximum Gasteiger partial charge on any atom is 0.228 e. The van der Waals surface area contributed by atoms with Crippen LogP contribution in [0.2, 0.25) is 0 Å². The van der Waals surface area contributed by atoms with Gasteiger partial charge in [0.1, 0.15) is 5.75 Å². The van der Waals surface area contributed by atoms with Crippen molar-refractivity contribution in [3.8, 4) is 22.9 Å². The van der Waals surface area contributed by atoms with Gasteiger partial charge in [0.2, 0.25) is 11.8 Å². The Morgan fingerprint density at radius 2 is 1.97 bits per heavy atom. The molecule has 2 saturated heterocycles. The van der Waals surface area contributed by atoms with Crippen molar-refractivity contribution < 1.29 is 9.84 Å². The van der Waals surface area contributed by atoms with Crippen LogP contribution in [0.4, 0.5) is 11.6 Å². The predicted octanol–water partition coefficient (Wildman–Crippen LogP) is 4.53. The van der Waals surface area contributed by atoms with Gasteiger partial charge in [-0.1, -0.05) is 24.3 Å². The van der Waals surface area contributed by atoms with Crippen LogP contribution in [0.1, 0.15) is 24.8 Å². The van der Waals surface area contributed by atoms with Gasteiger partial charge in [-0.3, -0.25) is 0 Å². The third-order valence-corrected chi connectivity index (χ3v) is 7.22. The molecule has 3 N–H and O–H groups in total. The number of anilines is 2. The van der Waals surface area contributed by atoms with Crippen LogP contribution < -0.4 is 20.3 Å². The van der Waals surface area contributed by atoms with Gasteiger partial charge < -0.3 is 25.4 Å². The quantitative estimate of drug-likeness (QED) is 0.359. The summed E-state index contributed by atoms with van der Waals surface area (Å²) in [5.41, 5.74) is 3.71. The largest absolute Gasteiger partial charge is 0.437 e. The number of nitrogens with one attached hydrogen (secondary N) is 2. The summed E-state index contributed by atoms with van der Waals surface area (Å²) in [7, 11) is 0. The van der Waals surface area contributed by atoms with Crippen molar-refractivity contribution in [2.45, 2.75) is 38.3 Å². The van der Waals surface area contributed by atoms with E-state index in [0.29, 0.717) is 24.4 Å². The molecule has 190 valence electrons. The molecule has 8 nitrogen and oxygen atoms in total. The van der Waals surface area contributed by atoms with Crippen LogP contribution in [-0.4, -0.2) is 58.4 Å². The van der Waals surface area contributed by atoms with E-state index in [1.807, 2.05) is 18.2 Å². The monoisotopic (exact) mass is 496 g/mol. The third-order valence-electron chi connectivity index (χ3n) is 7.22. The molecule has 2 fully saturated rings. The highest BCUT2D eigenvalue weighted by Gasteiger charge is 2.23. The molecule has 2 aromatic heterocycles. The lowest BCUT2D eigenvalue weighted by Crippen LogP contribution is -2.38. The molecule has 0 bridgehead atoms. The number of β-amino-alcohol motifs (C(OH)–C–C–N with tert-alkyl or cyclic N) is 1. The van der Waals surface area contributed by atoms with Crippen molar-refractivity contribution in [2.75, 3.05) is 36.4 Å². The van der Waals surface area contributed by atoms with Gasteiger partial charge in [-0.15, -0.1) is 0 Å². The van der Waals surface area contributed by atoms with Gasteiger partial charge in [0.15, 0.2) is 0 Å². The summed E-state index contributed by atoms with van der Waals surface area (Å²) in [6.07, 6.45) is 6.26. The van der Waals surface area contributed by atoms with E-state index in [1.54, 1.807) is 12.4 Å². The maximum atomic E-state index is 10.1. The zero-order valence-electron chi connectivity index (χ0n) is 21.0. The summed E-state index contributed by atoms with van der Waals surface area (Å²) in [4.78, 5) is 16.1. The second-order valence-corrected chi connectivity index (χ2v) is 9.88. The molecule has 4 aromatic rings. The van der Waals surface area contributed by atoms with Gasteiger partial charge in [-0.2, -0.15) is 0 Å². The Kier molecular flexibility index (Phi) is 6.59. The number of rotatable bonds is 6. The normalized spacial score (nSPS) is 19.8. The van der Waals surface area contributed by atoms with Crippen LogP contribution in [0.15, 0.2) is 60.9 Å². The summed E-state index contributed by atoms with van der Waals surface area (Å²) >= 11 is 0. The fraction of sp³-hybridized carbons (Fsp3) is 0.345. The molecular formula is C29H32N6O2. The molecule has 2 aliphatic heterocycles. The first kappa shape index (κ1) is 23.6. The Balaban J connectivity index is 1.34. The van der Waals surface area contributed by atoms with E-state index in [-0.39, 0.29) is 6.10 Å². The SMILES string of the molecule is Cc1ccc2c(N3CC[C@@H](O)C3)cccc2c1Oc1ncccc1-c1ccnc(N[C@H]2CCCNC2)n1. The van der Waals surface area contributed by atoms with Crippen LogP contribution in [0, 0.1) is 6.92 Å². The van der Waals surface area contributed by atoms with Crippen molar-refractivity contribution in [3.05, 3.63) is 66.5 Å². The lowest BCUT2D eigenvalue weighted by molar-refractivity contribution is 0.198. The van der Waals surface area contributed by atoms with E-state index in [9.17, 15) is 5.11 Å². The number of pyridine rings is 1. The highest BCUT2D eigenvalue weighted by Crippen LogP contribution is 2.40. The number of aryl methyl sites for hydroxylation is 1. The van der Waals surface area contributed by atoms with E-state index < -0.39 is 0 Å². The second kappa shape index (κ2) is 10.3. The van der Waals surface area contributed by atoms with Crippen LogP contribution >= 0.6 is 0 Å². The molecule has 6 rings (SSSR count). The Labute approximate surface area is 216 Å². The van der Waals surface area contributed by atoms with Crippen molar-refractivity contribution >= 4 is 22.4 Å². The topological polar surface area (TPSA) is 95.4 Å². The number of aliphatic hydroxyl groups excluding tert-OH is 1. The minimum absolute atomic E-state index is 0.283. The maximum absolute atomic E-state index is 10.1. The number of fused-ring (bicyclic) bond motifs is 1. The lowest BCUT2D eigenvalue weighted by Gasteiger charge is -2.23. The van der Waals surface area contributed by atoms with Gasteiger partial charge in [0.05, 0.1) is 17.4 Å². The fourth-order valence-electron chi connectivity index (χ4n) is 5.29. The summed E-state index contributed by atoms with van der Waals surface area (Å²) < 4.78 is 6.57. The average molecular weight is 497 g/mol. The molecule has 0 spiro atoms. The van der Waals surface area contributed by atoms with E-state index >= 15 is 0 Å². The summed E-state index contributed by atoms with van der Waals surface area (Å²) in [6, 6.07) is 16.6. The van der Waals surface area contributed by atoms with E-state index in [2.05, 4.69) is 62.8 Å². The van der Waals surface area contributed by atoms with Crippen molar-refractivity contribution in [2.24, 2.45) is 0 Å². The van der Waals surface area contributed by atoms with E-state index in [4.69, 9.17) is 9.72 Å². The minimum atomic E-state index is -0.283. The molecule has 37 heavy (non-hydrogen) atoms. The van der Waals surface area contributed by atoms with Gasteiger partial charge in [-0.05, 0) is 62.6 Å². The smallest absolute Gasteiger partial charge is 0.228 e. The number of ether oxygens (including phenoxy) is 1. The number of aromatic nitrogens is 3. The average Bonchev–Trinajstić information content (AvgIpc) is 3.37. The highest BCUT2D eigenvalue weighted by molar-refractivity contribution is 5.99. The molecule has 4 heterocycles. The third kappa shape index (κ3) is 4.95. The molecule has 0 unspecified atom stereocenters. The van der Waals surface area contributed by atoms with Gasteiger partial charge >= 0.3 is 0 Å². The molecule has 0 saturated carbocycles. The molecule has 2 aliphatic rings. The number of nitrogens with zero attached hydrogens (tertiary/aromatic N) is 4. The zero-order valence-corrected chi connectivity index (χ0v) is 21.0. The summed E-state index contributed by atoms with van der Waals surface area (Å²) in [6.45, 7) is 5.51. The molecule has 0 amide bonds. The van der Waals surface area contributed by atoms with Crippen molar-refractivity contribution in [1.82, 2.24) is 20.3 Å². The number of hydrogen-bond donors (Lipinski definition) is 3. The van der Waals surface area contributed by atoms with Gasteiger partial charge in [0, 0.05) is 54.5 Å². The Hall–Kier alpha value is -3.75. The standard InChI is InChI=1S/C29H32N6O2/c1-19-9-10-22-23(6-2-8-26(22)35-16-12-21(36)18-35)27(19)37-28-24(7-4-14-31-28)25-11-15-32-29(34-25)33-20-5-3-13-30-17-20/h2,4,6-11,14-15,20-21,30,36H,3,5,12-13,16-18H2,1H3,(H,32,33,34)/t20-,21+/m0/s1. The van der Waals surface area contributed by atoms with Crippen LogP contribution in [0.25, 0.3) is 22.0 Å². The van der Waals surface area contributed by atoms with Crippen molar-refractivity contribution in [1.29, 1.82) is 0 Å². The number of benzene rings is 2. The molecule has 2 aromatic carbocycles. The number of hydrogen-bond acceptors (Lipinski definition) is 8. The first-order valence-corrected chi connectivity index (χ1v) is 13.0. The zero-order chi connectivity index (χ0) is 25.2. The Bertz CT molecular complexity index is 1400. The van der Waals surface area contributed by atoms with Crippen molar-refractivity contribution in [3.63, 3.8) is 0 Å². The fourth-order valence-corrected chi connectivity index (χ4v) is 5.29. The van der Waals surface area contributed by atoms with E-state index in [0.717, 1.165) is 77.9 Å². The predicted molar refractivity (Wildman–Crippen MR) is 146 cm³/mol. The van der Waals surface area contributed by atoms with Crippen LogP contribution in [-0.2, 0) is 0 Å². The summed E-state index contributed by atoms with van der Waals surface area (Å²) in [5.74, 6) is 1.89. The van der Waals surface area contributed by atoms with E-state index in [1.165, 1.54) is 0 Å². The van der Waals surface area contributed by atoms with Gasteiger partial charge in [-0.25, -0.2) is 15.0 Å². The number of aliphatic hydroxyl groups is 1. The van der Waals surface area contributed by atoms with Crippen LogP contribution in [0.5, 0.6) is 11.6 Å². The number of piperidine rings is 1. The Morgan fingerprint density at radius 1 is 1.03 bits per heavy atom. The molecular weight excluding hydrogens is 464 g/mol. The first-order chi connectivity index (χ1) is 18.2. The van der Waals surface area contributed by atoms with Crippen LogP contribution in [0.3, 0.4) is 0 Å². The second-order valence-electron chi connectivity index (χ2n) is 9.88. The highest BCUT2D eigenvalue weighted by atomic mass is 16.5. The van der Waals surface area contributed by atoms with Gasteiger partial charge in [0.25, 0.3) is 0 Å². The molecule has 0 radical (unpaired) electrons. The molecule has 0 aliphatic carbocycles. The molecule has 8 heteroatoms. The Morgan fingerprint density at radius 3 is 2.81 bits per heavy atom. The minimum Gasteiger partial charge on any atom is -0.437 e. The summed E-state index contributed by atoms with van der Waals surface area (Å²) in [5, 5.41) is 19.1. The molecule has 2 atom stereocenters. The lowest BCUT2D eigenvalue weighted by atomic mass is 10.0. The first-order valence-electron chi connectivity index (χ1n) is 13.0.